The van der Waals surface area contributed by atoms with Crippen LogP contribution in [0.15, 0.2) is 0 Å². The summed E-state index contributed by atoms with van der Waals surface area (Å²) in [5, 5.41) is 0. The summed E-state index contributed by atoms with van der Waals surface area (Å²) in [5.74, 6) is 2.80. The first-order valence-electron chi connectivity index (χ1n) is 9.28. The Bertz CT molecular complexity index is 138. The van der Waals surface area contributed by atoms with Gasteiger partial charge in [0, 0.05) is 0 Å². The van der Waals surface area contributed by atoms with Crippen molar-refractivity contribution in [1.82, 2.24) is 0 Å². The van der Waals surface area contributed by atoms with Gasteiger partial charge in [0.1, 0.15) is 0 Å². The molecule has 1 heteroatoms. The van der Waals surface area contributed by atoms with Gasteiger partial charge < -0.3 is 0 Å². The van der Waals surface area contributed by atoms with E-state index in [0.29, 0.717) is 0 Å². The highest BCUT2D eigenvalue weighted by Crippen LogP contribution is 2.14. The molecule has 0 aromatic heterocycles. The summed E-state index contributed by atoms with van der Waals surface area (Å²) in [6.07, 6.45) is 21.2. The molecular weight excluding hydrogens is 260 g/mol. The van der Waals surface area contributed by atoms with Crippen molar-refractivity contribution >= 4 is 11.8 Å². The van der Waals surface area contributed by atoms with Gasteiger partial charge in [-0.25, -0.2) is 0 Å². The molecule has 0 N–H and O–H groups in total. The molecule has 0 saturated carbocycles. The Morgan fingerprint density at radius 2 is 0.950 bits per heavy atom. The standard InChI is InChI=1S/C19H39S/c1-3-5-7-9-11-13-15-17-19-20-18-16-14-12-10-8-6-4-2/h1,3-19H2,2H3. The molecule has 0 aromatic rings. The van der Waals surface area contributed by atoms with Gasteiger partial charge in [0.2, 0.25) is 0 Å². The molecule has 0 aliphatic carbocycles. The Balaban J connectivity index is 2.89. The van der Waals surface area contributed by atoms with Crippen molar-refractivity contribution in [2.75, 3.05) is 11.5 Å². The van der Waals surface area contributed by atoms with Gasteiger partial charge in [-0.15, -0.1) is 0 Å². The van der Waals surface area contributed by atoms with Gasteiger partial charge in [-0.05, 0) is 24.3 Å². The number of hydrogen-bond acceptors (Lipinski definition) is 1. The second-order valence-corrected chi connectivity index (χ2v) is 7.29. The molecule has 0 unspecified atom stereocenters. The van der Waals surface area contributed by atoms with Crippen LogP contribution in [0.3, 0.4) is 0 Å². The third-order valence-corrected chi connectivity index (χ3v) is 5.09. The summed E-state index contributed by atoms with van der Waals surface area (Å²) in [4.78, 5) is 0. The van der Waals surface area contributed by atoms with E-state index in [4.69, 9.17) is 0 Å². The molecular formula is C19H39S. The predicted molar refractivity (Wildman–Crippen MR) is 97.6 cm³/mol. The average molecular weight is 300 g/mol. The zero-order chi connectivity index (χ0) is 14.7. The molecule has 0 saturated heterocycles. The van der Waals surface area contributed by atoms with Crippen LogP contribution in [0.1, 0.15) is 103 Å². The summed E-state index contributed by atoms with van der Waals surface area (Å²) in [6, 6.07) is 0. The maximum atomic E-state index is 3.89. The zero-order valence-corrected chi connectivity index (χ0v) is 15.0. The molecule has 0 rings (SSSR count). The van der Waals surface area contributed by atoms with Crippen LogP contribution >= 0.6 is 11.8 Å². The molecule has 0 aliphatic rings. The summed E-state index contributed by atoms with van der Waals surface area (Å²) in [5.41, 5.74) is 0. The van der Waals surface area contributed by atoms with Crippen molar-refractivity contribution < 1.29 is 0 Å². The van der Waals surface area contributed by atoms with Gasteiger partial charge in [0.15, 0.2) is 0 Å². The van der Waals surface area contributed by atoms with Crippen LogP contribution in [-0.2, 0) is 0 Å². The molecule has 20 heavy (non-hydrogen) atoms. The lowest BCUT2D eigenvalue weighted by atomic mass is 10.1. The highest BCUT2D eigenvalue weighted by molar-refractivity contribution is 7.99. The Hall–Kier alpha value is 0.350. The molecule has 121 valence electrons. The van der Waals surface area contributed by atoms with Crippen molar-refractivity contribution in [3.63, 3.8) is 0 Å². The molecule has 0 aromatic carbocycles. The minimum absolute atomic E-state index is 1.12. The minimum atomic E-state index is 1.12. The highest BCUT2D eigenvalue weighted by Gasteiger charge is 1.94. The first-order chi connectivity index (χ1) is 9.91. The first-order valence-corrected chi connectivity index (χ1v) is 10.4. The third-order valence-electron chi connectivity index (χ3n) is 3.93. The maximum Gasteiger partial charge on any atom is -0.00675 e. The summed E-state index contributed by atoms with van der Waals surface area (Å²) in [7, 11) is 0. The molecule has 0 amide bonds. The normalized spacial score (nSPS) is 11.1. The van der Waals surface area contributed by atoms with E-state index in [9.17, 15) is 0 Å². The van der Waals surface area contributed by atoms with Gasteiger partial charge in [-0.3, -0.25) is 0 Å². The number of thioether (sulfide) groups is 1. The fourth-order valence-electron chi connectivity index (χ4n) is 2.53. The van der Waals surface area contributed by atoms with E-state index in [1.807, 2.05) is 0 Å². The molecule has 0 spiro atoms. The summed E-state index contributed by atoms with van der Waals surface area (Å²) < 4.78 is 0. The van der Waals surface area contributed by atoms with Crippen LogP contribution in [0, 0.1) is 6.92 Å². The van der Waals surface area contributed by atoms with Crippen molar-refractivity contribution in [3.05, 3.63) is 6.92 Å². The summed E-state index contributed by atoms with van der Waals surface area (Å²) in [6.45, 7) is 6.18. The van der Waals surface area contributed by atoms with Gasteiger partial charge in [0.05, 0.1) is 0 Å². The third kappa shape index (κ3) is 18.4. The fraction of sp³-hybridized carbons (Fsp3) is 0.947. The Morgan fingerprint density at radius 3 is 1.40 bits per heavy atom. The van der Waals surface area contributed by atoms with Crippen molar-refractivity contribution in [2.45, 2.75) is 103 Å². The molecule has 1 radical (unpaired) electrons. The van der Waals surface area contributed by atoms with Gasteiger partial charge in [-0.1, -0.05) is 97.3 Å². The van der Waals surface area contributed by atoms with E-state index in [1.54, 1.807) is 0 Å². The average Bonchev–Trinajstić information content (AvgIpc) is 2.47. The molecule has 0 bridgehead atoms. The quantitative estimate of drug-likeness (QED) is 0.252. The second-order valence-electron chi connectivity index (χ2n) is 6.06. The predicted octanol–water partition coefficient (Wildman–Crippen LogP) is 7.43. The smallest absolute Gasteiger partial charge is 0.00675 e. The molecule has 0 atom stereocenters. The van der Waals surface area contributed by atoms with Gasteiger partial charge in [-0.2, -0.15) is 11.8 Å². The first kappa shape index (κ1) is 20.3. The lowest BCUT2D eigenvalue weighted by molar-refractivity contribution is 0.592. The topological polar surface area (TPSA) is 0 Å². The number of hydrogen-bond donors (Lipinski definition) is 0. The maximum absolute atomic E-state index is 3.89. The Morgan fingerprint density at radius 1 is 0.550 bits per heavy atom. The Labute approximate surface area is 133 Å². The Kier molecular flexibility index (Phi) is 19.7. The number of rotatable bonds is 17. The van der Waals surface area contributed by atoms with Gasteiger partial charge >= 0.3 is 0 Å². The molecule has 0 nitrogen and oxygen atoms in total. The SMILES string of the molecule is [CH2]CCCCCCCCCSCCCCCCCCC. The van der Waals surface area contributed by atoms with E-state index in [1.165, 1.54) is 101 Å². The van der Waals surface area contributed by atoms with Crippen LogP contribution in [-0.4, -0.2) is 11.5 Å². The van der Waals surface area contributed by atoms with Crippen molar-refractivity contribution in [1.29, 1.82) is 0 Å². The van der Waals surface area contributed by atoms with E-state index in [-0.39, 0.29) is 0 Å². The largest absolute Gasteiger partial charge is 0.162 e. The molecule has 0 fully saturated rings. The monoisotopic (exact) mass is 299 g/mol. The van der Waals surface area contributed by atoms with E-state index >= 15 is 0 Å². The second kappa shape index (κ2) is 19.4. The molecule has 0 aliphatic heterocycles. The lowest BCUT2D eigenvalue weighted by Crippen LogP contribution is -1.87. The van der Waals surface area contributed by atoms with Crippen LogP contribution < -0.4 is 0 Å². The minimum Gasteiger partial charge on any atom is -0.162 e. The van der Waals surface area contributed by atoms with Crippen molar-refractivity contribution in [2.24, 2.45) is 0 Å². The van der Waals surface area contributed by atoms with E-state index in [0.717, 1.165) is 6.42 Å². The van der Waals surface area contributed by atoms with Crippen LogP contribution in [0.2, 0.25) is 0 Å². The van der Waals surface area contributed by atoms with E-state index in [2.05, 4.69) is 25.6 Å². The highest BCUT2D eigenvalue weighted by atomic mass is 32.2. The van der Waals surface area contributed by atoms with Crippen molar-refractivity contribution in [3.8, 4) is 0 Å². The van der Waals surface area contributed by atoms with Crippen LogP contribution in [0.25, 0.3) is 0 Å². The van der Waals surface area contributed by atoms with Gasteiger partial charge in [0.25, 0.3) is 0 Å². The van der Waals surface area contributed by atoms with Crippen LogP contribution in [0.5, 0.6) is 0 Å². The zero-order valence-electron chi connectivity index (χ0n) is 14.1. The van der Waals surface area contributed by atoms with Crippen LogP contribution in [0.4, 0.5) is 0 Å². The number of unbranched alkanes of at least 4 members (excludes halogenated alkanes) is 13. The summed E-state index contributed by atoms with van der Waals surface area (Å²) >= 11 is 2.19. The fourth-order valence-corrected chi connectivity index (χ4v) is 3.55. The van der Waals surface area contributed by atoms with E-state index < -0.39 is 0 Å². The lowest BCUT2D eigenvalue weighted by Gasteiger charge is -2.03. The molecule has 0 heterocycles.